The van der Waals surface area contributed by atoms with Gasteiger partial charge in [-0.25, -0.2) is 4.79 Å². The number of aliphatic carboxylic acids is 1. The maximum Gasteiger partial charge on any atom is 0.328 e. The van der Waals surface area contributed by atoms with Crippen molar-refractivity contribution in [2.24, 2.45) is 0 Å². The molecule has 1 heterocycles. The summed E-state index contributed by atoms with van der Waals surface area (Å²) in [6.07, 6.45) is 3.56. The van der Waals surface area contributed by atoms with E-state index in [1.165, 1.54) is 0 Å². The van der Waals surface area contributed by atoms with Crippen LogP contribution in [0.25, 0.3) is 17.0 Å². The van der Waals surface area contributed by atoms with Crippen LogP contribution in [0, 0.1) is 6.92 Å². The maximum atomic E-state index is 13.1. The third-order valence-electron chi connectivity index (χ3n) is 4.25. The fourth-order valence-corrected chi connectivity index (χ4v) is 3.00. The second-order valence-corrected chi connectivity index (χ2v) is 6.25. The van der Waals surface area contributed by atoms with Crippen LogP contribution in [0.5, 0.6) is 5.75 Å². The van der Waals surface area contributed by atoms with Crippen LogP contribution in [0.4, 0.5) is 0 Å². The van der Waals surface area contributed by atoms with Gasteiger partial charge in [0.05, 0.1) is 12.1 Å². The van der Waals surface area contributed by atoms with Crippen LogP contribution in [-0.2, 0) is 4.79 Å². The van der Waals surface area contributed by atoms with Gasteiger partial charge in [-0.05, 0) is 61.4 Å². The van der Waals surface area contributed by atoms with E-state index in [0.29, 0.717) is 12.2 Å². The molecule has 27 heavy (non-hydrogen) atoms. The number of aryl methyl sites for hydroxylation is 1. The molecule has 5 heteroatoms. The molecule has 0 bridgehead atoms. The molecule has 0 saturated heterocycles. The minimum absolute atomic E-state index is 0.135. The predicted octanol–water partition coefficient (Wildman–Crippen LogP) is 4.52. The first-order valence-corrected chi connectivity index (χ1v) is 8.81. The van der Waals surface area contributed by atoms with E-state index < -0.39 is 5.97 Å². The van der Waals surface area contributed by atoms with Crippen molar-refractivity contribution in [1.29, 1.82) is 0 Å². The Kier molecular flexibility index (Phi) is 5.41. The first-order chi connectivity index (χ1) is 13.0. The summed E-state index contributed by atoms with van der Waals surface area (Å²) >= 11 is 0. The van der Waals surface area contributed by atoms with E-state index >= 15 is 0 Å². The molecule has 5 nitrogen and oxygen atoms in total. The summed E-state index contributed by atoms with van der Waals surface area (Å²) in [7, 11) is 0. The number of fused-ring (bicyclic) bond motifs is 1. The number of benzene rings is 2. The summed E-state index contributed by atoms with van der Waals surface area (Å²) < 4.78 is 7.21. The molecular weight excluding hydrogens is 342 g/mol. The van der Waals surface area contributed by atoms with Crippen LogP contribution < -0.4 is 4.74 Å². The Balaban J connectivity index is 1.99. The van der Waals surface area contributed by atoms with Gasteiger partial charge in [0.15, 0.2) is 0 Å². The van der Waals surface area contributed by atoms with E-state index in [-0.39, 0.29) is 5.91 Å². The molecule has 0 aliphatic rings. The van der Waals surface area contributed by atoms with Crippen LogP contribution in [0.3, 0.4) is 0 Å². The van der Waals surface area contributed by atoms with Crippen LogP contribution in [0.2, 0.25) is 0 Å². The number of carboxylic acid groups (broad SMARTS) is 1. The third-order valence-corrected chi connectivity index (χ3v) is 4.25. The van der Waals surface area contributed by atoms with Crippen LogP contribution in [0.15, 0.2) is 54.6 Å². The van der Waals surface area contributed by atoms with Gasteiger partial charge in [-0.2, -0.15) is 0 Å². The molecule has 3 rings (SSSR count). The summed E-state index contributed by atoms with van der Waals surface area (Å²) in [5, 5.41) is 9.70. The van der Waals surface area contributed by atoms with Crippen molar-refractivity contribution in [3.63, 3.8) is 0 Å². The number of nitrogens with zero attached hydrogens (tertiary/aromatic N) is 1. The summed E-state index contributed by atoms with van der Waals surface area (Å²) in [5.74, 6) is -0.405. The second kappa shape index (κ2) is 7.91. The smallest absolute Gasteiger partial charge is 0.328 e. The Morgan fingerprint density at radius 1 is 1.15 bits per heavy atom. The van der Waals surface area contributed by atoms with Gasteiger partial charge in [0, 0.05) is 22.7 Å². The Hall–Kier alpha value is -3.34. The lowest BCUT2D eigenvalue weighted by molar-refractivity contribution is -0.131. The molecule has 3 aromatic rings. The van der Waals surface area contributed by atoms with Crippen molar-refractivity contribution < 1.29 is 19.4 Å². The molecule has 0 amide bonds. The monoisotopic (exact) mass is 363 g/mol. The number of carboxylic acids is 1. The highest BCUT2D eigenvalue weighted by Crippen LogP contribution is 2.26. The first-order valence-electron chi connectivity index (χ1n) is 8.81. The normalized spacial score (nSPS) is 11.2. The van der Waals surface area contributed by atoms with Gasteiger partial charge in [0.25, 0.3) is 5.91 Å². The lowest BCUT2D eigenvalue weighted by atomic mass is 10.1. The van der Waals surface area contributed by atoms with Gasteiger partial charge < -0.3 is 9.84 Å². The molecular formula is C22H21NO4. The quantitative estimate of drug-likeness (QED) is 0.654. The highest BCUT2D eigenvalue weighted by molar-refractivity contribution is 6.05. The highest BCUT2D eigenvalue weighted by Gasteiger charge is 2.16. The molecule has 0 unspecified atom stereocenters. The average molecular weight is 363 g/mol. The summed E-state index contributed by atoms with van der Waals surface area (Å²) in [4.78, 5) is 23.9. The average Bonchev–Trinajstić information content (AvgIpc) is 3.00. The highest BCUT2D eigenvalue weighted by atomic mass is 16.5. The van der Waals surface area contributed by atoms with E-state index in [1.807, 2.05) is 38.1 Å². The van der Waals surface area contributed by atoms with Gasteiger partial charge in [0.1, 0.15) is 5.75 Å². The van der Waals surface area contributed by atoms with Crippen LogP contribution in [0.1, 0.15) is 35.0 Å². The van der Waals surface area contributed by atoms with E-state index in [0.717, 1.165) is 40.4 Å². The minimum Gasteiger partial charge on any atom is -0.494 e. The van der Waals surface area contributed by atoms with Crippen molar-refractivity contribution >= 4 is 28.9 Å². The van der Waals surface area contributed by atoms with Gasteiger partial charge in [-0.15, -0.1) is 0 Å². The zero-order valence-electron chi connectivity index (χ0n) is 15.3. The molecule has 0 fully saturated rings. The fraction of sp³-hybridized carbons (Fsp3) is 0.182. The lowest BCUT2D eigenvalue weighted by Crippen LogP contribution is -2.13. The molecule has 0 saturated carbocycles. The lowest BCUT2D eigenvalue weighted by Gasteiger charge is -2.09. The van der Waals surface area contributed by atoms with Crippen molar-refractivity contribution in [1.82, 2.24) is 4.57 Å². The number of rotatable bonds is 6. The van der Waals surface area contributed by atoms with Crippen LogP contribution in [-0.4, -0.2) is 28.2 Å². The molecule has 0 radical (unpaired) electrons. The molecule has 0 aliphatic heterocycles. The van der Waals surface area contributed by atoms with E-state index in [2.05, 4.69) is 0 Å². The summed E-state index contributed by atoms with van der Waals surface area (Å²) in [5.41, 5.74) is 2.85. The number of ether oxygens (including phenoxy) is 1. The van der Waals surface area contributed by atoms with Crippen LogP contribution >= 0.6 is 0 Å². The Bertz CT molecular complexity index is 1010. The molecule has 1 aromatic heterocycles. The molecule has 138 valence electrons. The minimum atomic E-state index is -1.01. The zero-order valence-corrected chi connectivity index (χ0v) is 15.3. The number of hydrogen-bond donors (Lipinski definition) is 1. The van der Waals surface area contributed by atoms with E-state index in [1.54, 1.807) is 34.9 Å². The molecule has 0 atom stereocenters. The van der Waals surface area contributed by atoms with Gasteiger partial charge in [-0.3, -0.25) is 9.36 Å². The van der Waals surface area contributed by atoms with E-state index in [9.17, 15) is 9.59 Å². The summed E-state index contributed by atoms with van der Waals surface area (Å²) in [6.45, 7) is 4.54. The Labute approximate surface area is 157 Å². The maximum absolute atomic E-state index is 13.1. The fourth-order valence-electron chi connectivity index (χ4n) is 3.00. The molecule has 2 aromatic carbocycles. The largest absolute Gasteiger partial charge is 0.494 e. The van der Waals surface area contributed by atoms with Gasteiger partial charge >= 0.3 is 5.97 Å². The van der Waals surface area contributed by atoms with Crippen molar-refractivity contribution in [3.8, 4) is 5.75 Å². The second-order valence-electron chi connectivity index (χ2n) is 6.25. The summed E-state index contributed by atoms with van der Waals surface area (Å²) in [6, 6.07) is 14.5. The molecule has 0 spiro atoms. The number of carbonyl (C=O) groups is 2. The van der Waals surface area contributed by atoms with Gasteiger partial charge in [0.2, 0.25) is 0 Å². The number of carbonyl (C=O) groups excluding carboxylic acids is 1. The molecule has 1 N–H and O–H groups in total. The zero-order chi connectivity index (χ0) is 19.4. The Morgan fingerprint density at radius 2 is 1.89 bits per heavy atom. The Morgan fingerprint density at radius 3 is 2.56 bits per heavy atom. The molecule has 0 aliphatic carbocycles. The van der Waals surface area contributed by atoms with Crippen molar-refractivity contribution in [2.75, 3.05) is 6.61 Å². The number of hydrogen-bond acceptors (Lipinski definition) is 3. The first kappa shape index (κ1) is 18.5. The SMILES string of the molecule is CCCOc1ccc(C(=O)n2c(C)cc3c(C=CC(=O)O)cccc32)cc1. The van der Waals surface area contributed by atoms with Crippen molar-refractivity contribution in [3.05, 3.63) is 71.4 Å². The van der Waals surface area contributed by atoms with Gasteiger partial charge in [-0.1, -0.05) is 19.1 Å². The van der Waals surface area contributed by atoms with Crippen molar-refractivity contribution in [2.45, 2.75) is 20.3 Å². The standard InChI is InChI=1S/C22H21NO4/c1-3-13-27-18-10-7-17(8-11-18)22(26)23-15(2)14-19-16(9-12-21(24)25)5-4-6-20(19)23/h4-12,14H,3,13H2,1-2H3,(H,24,25). The third kappa shape index (κ3) is 3.92. The number of aromatic nitrogens is 1. The predicted molar refractivity (Wildman–Crippen MR) is 105 cm³/mol. The topological polar surface area (TPSA) is 68.5 Å². The van der Waals surface area contributed by atoms with E-state index in [4.69, 9.17) is 9.84 Å².